The Hall–Kier alpha value is -2.43. The SMILES string of the molecule is Cc1cc(C(=O)O[C@H](C)c2ccccn2)cc(=O)[nH]1. The Labute approximate surface area is 110 Å². The molecule has 0 aliphatic heterocycles. The van der Waals surface area contributed by atoms with Gasteiger partial charge in [0.2, 0.25) is 5.56 Å². The molecule has 0 aromatic carbocycles. The predicted octanol–water partition coefficient (Wildman–Crippen LogP) is 2.00. The van der Waals surface area contributed by atoms with Crippen LogP contribution in [-0.2, 0) is 4.74 Å². The Morgan fingerprint density at radius 3 is 2.79 bits per heavy atom. The van der Waals surface area contributed by atoms with Gasteiger partial charge in [-0.1, -0.05) is 6.07 Å². The largest absolute Gasteiger partial charge is 0.453 e. The molecule has 2 heterocycles. The summed E-state index contributed by atoms with van der Waals surface area (Å²) in [4.78, 5) is 29.9. The topological polar surface area (TPSA) is 72.0 Å². The van der Waals surface area contributed by atoms with Crippen LogP contribution in [0.3, 0.4) is 0 Å². The monoisotopic (exact) mass is 258 g/mol. The van der Waals surface area contributed by atoms with Crippen molar-refractivity contribution in [2.24, 2.45) is 0 Å². The first-order chi connectivity index (χ1) is 9.06. The fraction of sp³-hybridized carbons (Fsp3) is 0.214. The van der Waals surface area contributed by atoms with Gasteiger partial charge in [-0.2, -0.15) is 0 Å². The van der Waals surface area contributed by atoms with Crippen molar-refractivity contribution in [2.45, 2.75) is 20.0 Å². The van der Waals surface area contributed by atoms with Gasteiger partial charge in [-0.25, -0.2) is 4.79 Å². The van der Waals surface area contributed by atoms with Crippen LogP contribution in [0.25, 0.3) is 0 Å². The molecule has 2 aromatic heterocycles. The third-order valence-electron chi connectivity index (χ3n) is 2.60. The highest BCUT2D eigenvalue weighted by Gasteiger charge is 2.15. The van der Waals surface area contributed by atoms with Crippen molar-refractivity contribution in [3.8, 4) is 0 Å². The van der Waals surface area contributed by atoms with E-state index in [-0.39, 0.29) is 11.1 Å². The molecule has 0 unspecified atom stereocenters. The molecule has 0 aliphatic rings. The number of hydrogen-bond acceptors (Lipinski definition) is 4. The van der Waals surface area contributed by atoms with E-state index in [0.29, 0.717) is 11.4 Å². The lowest BCUT2D eigenvalue weighted by atomic mass is 10.2. The lowest BCUT2D eigenvalue weighted by molar-refractivity contribution is 0.0329. The van der Waals surface area contributed by atoms with Crippen LogP contribution in [0.1, 0.15) is 34.8 Å². The number of nitrogens with zero attached hydrogens (tertiary/aromatic N) is 1. The van der Waals surface area contributed by atoms with Crippen LogP contribution < -0.4 is 5.56 Å². The molecule has 0 bridgehead atoms. The van der Waals surface area contributed by atoms with Gasteiger partial charge in [0.1, 0.15) is 6.10 Å². The van der Waals surface area contributed by atoms with Crippen molar-refractivity contribution in [3.63, 3.8) is 0 Å². The average Bonchev–Trinajstić information content (AvgIpc) is 2.38. The molecule has 2 aromatic rings. The van der Waals surface area contributed by atoms with Gasteiger partial charge in [0.15, 0.2) is 0 Å². The molecule has 0 fully saturated rings. The lowest BCUT2D eigenvalue weighted by Gasteiger charge is -2.12. The first-order valence-corrected chi connectivity index (χ1v) is 5.89. The summed E-state index contributed by atoms with van der Waals surface area (Å²) in [5.74, 6) is -0.535. The van der Waals surface area contributed by atoms with E-state index in [4.69, 9.17) is 4.74 Å². The lowest BCUT2D eigenvalue weighted by Crippen LogP contribution is -2.15. The van der Waals surface area contributed by atoms with Crippen molar-refractivity contribution in [2.75, 3.05) is 0 Å². The van der Waals surface area contributed by atoms with E-state index in [9.17, 15) is 9.59 Å². The zero-order chi connectivity index (χ0) is 13.8. The highest BCUT2D eigenvalue weighted by atomic mass is 16.5. The number of aromatic nitrogens is 2. The van der Waals surface area contributed by atoms with E-state index >= 15 is 0 Å². The van der Waals surface area contributed by atoms with Crippen LogP contribution in [0.2, 0.25) is 0 Å². The maximum absolute atomic E-state index is 11.9. The molecular formula is C14H14N2O3. The molecular weight excluding hydrogens is 244 g/mol. The van der Waals surface area contributed by atoms with Crippen LogP contribution >= 0.6 is 0 Å². The van der Waals surface area contributed by atoms with Gasteiger partial charge in [0.25, 0.3) is 0 Å². The summed E-state index contributed by atoms with van der Waals surface area (Å²) >= 11 is 0. The van der Waals surface area contributed by atoms with Crippen molar-refractivity contribution < 1.29 is 9.53 Å². The van der Waals surface area contributed by atoms with E-state index in [1.165, 1.54) is 6.07 Å². The molecule has 5 nitrogen and oxygen atoms in total. The number of ether oxygens (including phenoxy) is 1. The highest BCUT2D eigenvalue weighted by Crippen LogP contribution is 2.15. The van der Waals surface area contributed by atoms with Gasteiger partial charge in [-0.05, 0) is 32.0 Å². The highest BCUT2D eigenvalue weighted by molar-refractivity contribution is 5.89. The second-order valence-electron chi connectivity index (χ2n) is 4.22. The van der Waals surface area contributed by atoms with Crippen molar-refractivity contribution >= 4 is 5.97 Å². The molecule has 0 saturated carbocycles. The molecule has 0 radical (unpaired) electrons. The molecule has 5 heteroatoms. The first-order valence-electron chi connectivity index (χ1n) is 5.89. The second-order valence-corrected chi connectivity index (χ2v) is 4.22. The normalized spacial score (nSPS) is 11.9. The number of pyridine rings is 2. The molecule has 0 saturated heterocycles. The van der Waals surface area contributed by atoms with Crippen molar-refractivity contribution in [3.05, 3.63) is 63.8 Å². The smallest absolute Gasteiger partial charge is 0.339 e. The standard InChI is InChI=1S/C14H14N2O3/c1-9-7-11(8-13(17)16-9)14(18)19-10(2)12-5-3-4-6-15-12/h3-8,10H,1-2H3,(H,16,17)/t10-/m1/s1. The first kappa shape index (κ1) is 13.0. The number of nitrogens with one attached hydrogen (secondary N) is 1. The number of aromatic amines is 1. The number of esters is 1. The van der Waals surface area contributed by atoms with E-state index in [1.54, 1.807) is 38.2 Å². The summed E-state index contributed by atoms with van der Waals surface area (Å²) in [6.45, 7) is 3.45. The molecule has 0 spiro atoms. The molecule has 0 aliphatic carbocycles. The molecule has 1 atom stereocenters. The molecule has 2 rings (SSSR count). The van der Waals surface area contributed by atoms with Gasteiger partial charge in [-0.3, -0.25) is 9.78 Å². The molecule has 19 heavy (non-hydrogen) atoms. The third kappa shape index (κ3) is 3.28. The molecule has 0 amide bonds. The Bertz CT molecular complexity index is 635. The van der Waals surface area contributed by atoms with Crippen LogP contribution in [0.15, 0.2) is 41.3 Å². The third-order valence-corrected chi connectivity index (χ3v) is 2.60. The van der Waals surface area contributed by atoms with Gasteiger partial charge in [0.05, 0.1) is 11.3 Å². The Balaban J connectivity index is 2.15. The number of carbonyl (C=O) groups excluding carboxylic acids is 1. The Morgan fingerprint density at radius 1 is 1.37 bits per heavy atom. The van der Waals surface area contributed by atoms with Gasteiger partial charge < -0.3 is 9.72 Å². The average molecular weight is 258 g/mol. The van der Waals surface area contributed by atoms with Gasteiger partial charge in [-0.15, -0.1) is 0 Å². The number of carbonyl (C=O) groups is 1. The summed E-state index contributed by atoms with van der Waals surface area (Å²) < 4.78 is 5.28. The quantitative estimate of drug-likeness (QED) is 0.855. The maximum atomic E-state index is 11.9. The van der Waals surface area contributed by atoms with E-state index in [2.05, 4.69) is 9.97 Å². The van der Waals surface area contributed by atoms with Gasteiger partial charge in [0, 0.05) is 18.0 Å². The van der Waals surface area contributed by atoms with Crippen LogP contribution in [-0.4, -0.2) is 15.9 Å². The number of aryl methyl sites for hydroxylation is 1. The summed E-state index contributed by atoms with van der Waals surface area (Å²) in [6.07, 6.45) is 1.17. The minimum atomic E-state index is -0.535. The number of rotatable bonds is 3. The fourth-order valence-electron chi connectivity index (χ4n) is 1.71. The summed E-state index contributed by atoms with van der Waals surface area (Å²) in [5.41, 5.74) is 1.20. The van der Waals surface area contributed by atoms with Gasteiger partial charge >= 0.3 is 5.97 Å². The fourth-order valence-corrected chi connectivity index (χ4v) is 1.71. The van der Waals surface area contributed by atoms with Crippen molar-refractivity contribution in [1.29, 1.82) is 0 Å². The number of hydrogen-bond donors (Lipinski definition) is 1. The minimum absolute atomic E-state index is 0.240. The van der Waals surface area contributed by atoms with E-state index in [0.717, 1.165) is 0 Å². The summed E-state index contributed by atoms with van der Waals surface area (Å²) in [6, 6.07) is 8.19. The predicted molar refractivity (Wildman–Crippen MR) is 69.9 cm³/mol. The van der Waals surface area contributed by atoms with E-state index < -0.39 is 12.1 Å². The molecule has 98 valence electrons. The number of H-pyrrole nitrogens is 1. The Morgan fingerprint density at radius 2 is 2.16 bits per heavy atom. The molecule has 1 N–H and O–H groups in total. The summed E-state index contributed by atoms with van der Waals surface area (Å²) in [5, 5.41) is 0. The van der Waals surface area contributed by atoms with Crippen molar-refractivity contribution in [1.82, 2.24) is 9.97 Å². The van der Waals surface area contributed by atoms with Crippen LogP contribution in [0.5, 0.6) is 0 Å². The minimum Gasteiger partial charge on any atom is -0.453 e. The maximum Gasteiger partial charge on any atom is 0.339 e. The summed E-state index contributed by atoms with van der Waals surface area (Å²) in [7, 11) is 0. The Kier molecular flexibility index (Phi) is 3.75. The van der Waals surface area contributed by atoms with E-state index in [1.807, 2.05) is 6.07 Å². The zero-order valence-corrected chi connectivity index (χ0v) is 10.7. The zero-order valence-electron chi connectivity index (χ0n) is 10.7. The van der Waals surface area contributed by atoms with Crippen LogP contribution in [0, 0.1) is 6.92 Å². The van der Waals surface area contributed by atoms with Crippen LogP contribution in [0.4, 0.5) is 0 Å². The second kappa shape index (κ2) is 5.48.